The maximum Gasteiger partial charge on any atom is 0.352 e. The van der Waals surface area contributed by atoms with E-state index in [4.69, 9.17) is 34.8 Å². The third-order valence-corrected chi connectivity index (χ3v) is 4.71. The predicted molar refractivity (Wildman–Crippen MR) is 111 cm³/mol. The highest BCUT2D eigenvalue weighted by molar-refractivity contribution is 6.39. The molecule has 29 heavy (non-hydrogen) atoms. The number of anilines is 1. The van der Waals surface area contributed by atoms with Crippen LogP contribution in [0.5, 0.6) is 0 Å². The van der Waals surface area contributed by atoms with E-state index in [-0.39, 0.29) is 32.7 Å². The van der Waals surface area contributed by atoms with Gasteiger partial charge in [0.25, 0.3) is 5.69 Å². The second-order valence-electron chi connectivity index (χ2n) is 5.77. The molecule has 0 saturated heterocycles. The number of nitro benzene ring substituents is 1. The Morgan fingerprint density at radius 2 is 1.86 bits per heavy atom. The molecule has 0 spiro atoms. The average molecular weight is 455 g/mol. The largest absolute Gasteiger partial charge is 0.477 e. The van der Waals surface area contributed by atoms with E-state index in [1.165, 1.54) is 30.3 Å². The van der Waals surface area contributed by atoms with Crippen LogP contribution in [0.15, 0.2) is 36.4 Å². The zero-order valence-electron chi connectivity index (χ0n) is 14.2. The number of carbonyl (C=O) groups excluding carboxylic acids is 1. The van der Waals surface area contributed by atoms with Crippen LogP contribution in [0, 0.1) is 10.1 Å². The van der Waals surface area contributed by atoms with Gasteiger partial charge in [-0.05, 0) is 30.3 Å². The molecular weight excluding hydrogens is 445 g/mol. The van der Waals surface area contributed by atoms with Crippen LogP contribution in [0.1, 0.15) is 16.1 Å². The minimum atomic E-state index is -1.25. The molecule has 0 aliphatic rings. The van der Waals surface area contributed by atoms with E-state index in [1.54, 1.807) is 0 Å². The first-order valence-electron chi connectivity index (χ1n) is 7.84. The third-order valence-electron chi connectivity index (χ3n) is 3.88. The molecule has 11 heteroatoms. The zero-order chi connectivity index (χ0) is 21.3. The van der Waals surface area contributed by atoms with Gasteiger partial charge < -0.3 is 15.4 Å². The number of halogens is 3. The number of amides is 1. The maximum atomic E-state index is 12.2. The number of nitrogens with one attached hydrogen (secondary N) is 2. The highest BCUT2D eigenvalue weighted by Crippen LogP contribution is 2.33. The van der Waals surface area contributed by atoms with E-state index in [0.717, 1.165) is 12.1 Å². The summed E-state index contributed by atoms with van der Waals surface area (Å²) >= 11 is 17.9. The Hall–Kier alpha value is -3.07. The fraction of sp³-hybridized carbons (Fsp3) is 0. The number of carboxylic acid groups (broad SMARTS) is 1. The number of hydrogen-bond donors (Lipinski definition) is 3. The maximum absolute atomic E-state index is 12.2. The van der Waals surface area contributed by atoms with Crippen LogP contribution >= 0.6 is 34.8 Å². The summed E-state index contributed by atoms with van der Waals surface area (Å²) in [5, 5.41) is 23.7. The molecule has 0 unspecified atom stereocenters. The second kappa shape index (κ2) is 8.12. The van der Waals surface area contributed by atoms with Crippen molar-refractivity contribution in [3.8, 4) is 0 Å². The molecule has 0 radical (unpaired) electrons. The smallest absolute Gasteiger partial charge is 0.352 e. The Labute approximate surface area is 177 Å². The van der Waals surface area contributed by atoms with E-state index in [0.29, 0.717) is 15.9 Å². The first-order valence-corrected chi connectivity index (χ1v) is 8.97. The van der Waals surface area contributed by atoms with Crippen molar-refractivity contribution in [2.75, 3.05) is 5.32 Å². The molecule has 0 aliphatic heterocycles. The van der Waals surface area contributed by atoms with Crippen molar-refractivity contribution >= 4 is 75.0 Å². The fourth-order valence-electron chi connectivity index (χ4n) is 2.68. The van der Waals surface area contributed by atoms with Crippen molar-refractivity contribution in [3.63, 3.8) is 0 Å². The standard InChI is InChI=1S/C18H10Cl3N3O5/c19-8-5-12(21)16-10(17(18(26)27)23-13(16)6-8)2-4-15(25)22-9-1-3-11(20)14(7-9)24(28)29/h1-7,23H,(H,22,25)(H,26,27)/b4-2+. The van der Waals surface area contributed by atoms with Gasteiger partial charge in [0.2, 0.25) is 5.91 Å². The molecule has 0 bridgehead atoms. The summed E-state index contributed by atoms with van der Waals surface area (Å²) in [5.41, 5.74) is 0.204. The van der Waals surface area contributed by atoms with Gasteiger partial charge in [-0.1, -0.05) is 34.8 Å². The van der Waals surface area contributed by atoms with Gasteiger partial charge in [0.05, 0.1) is 9.95 Å². The SMILES string of the molecule is O=C(/C=C/c1c(C(=O)O)[nH]c2cc(Cl)cc(Cl)c12)Nc1ccc(Cl)c([N+](=O)[O-])c1. The predicted octanol–water partition coefficient (Wildman–Crippen LogP) is 5.39. The van der Waals surface area contributed by atoms with Gasteiger partial charge in [-0.3, -0.25) is 14.9 Å². The van der Waals surface area contributed by atoms with E-state index in [1.807, 2.05) is 0 Å². The topological polar surface area (TPSA) is 125 Å². The van der Waals surface area contributed by atoms with Crippen LogP contribution in [-0.4, -0.2) is 26.9 Å². The van der Waals surface area contributed by atoms with Crippen LogP contribution in [0.4, 0.5) is 11.4 Å². The van der Waals surface area contributed by atoms with Gasteiger partial charge >= 0.3 is 5.97 Å². The molecule has 1 aromatic heterocycles. The molecule has 0 atom stereocenters. The summed E-state index contributed by atoms with van der Waals surface area (Å²) in [6.07, 6.45) is 2.36. The van der Waals surface area contributed by atoms with Gasteiger partial charge in [0.15, 0.2) is 0 Å². The van der Waals surface area contributed by atoms with Crippen molar-refractivity contribution < 1.29 is 19.6 Å². The summed E-state index contributed by atoms with van der Waals surface area (Å²) in [7, 11) is 0. The molecule has 8 nitrogen and oxygen atoms in total. The summed E-state index contributed by atoms with van der Waals surface area (Å²) in [6, 6.07) is 6.76. The second-order valence-corrected chi connectivity index (χ2v) is 7.03. The first kappa shape index (κ1) is 20.7. The van der Waals surface area contributed by atoms with Crippen molar-refractivity contribution in [2.24, 2.45) is 0 Å². The number of nitrogens with zero attached hydrogens (tertiary/aromatic N) is 1. The monoisotopic (exact) mass is 453 g/mol. The van der Waals surface area contributed by atoms with Gasteiger partial charge in [-0.2, -0.15) is 0 Å². The lowest BCUT2D eigenvalue weighted by Crippen LogP contribution is -2.08. The summed E-state index contributed by atoms with van der Waals surface area (Å²) in [4.78, 5) is 36.7. The number of fused-ring (bicyclic) bond motifs is 1. The van der Waals surface area contributed by atoms with Crippen LogP contribution in [0.2, 0.25) is 15.1 Å². The summed E-state index contributed by atoms with van der Waals surface area (Å²) in [6.45, 7) is 0. The number of aromatic nitrogens is 1. The number of aromatic carboxylic acids is 1. The molecule has 0 fully saturated rings. The normalized spacial score (nSPS) is 11.1. The molecule has 2 aromatic carbocycles. The molecule has 3 aromatic rings. The fourth-order valence-corrected chi connectivity index (χ4v) is 3.46. The third kappa shape index (κ3) is 4.34. The van der Waals surface area contributed by atoms with Crippen molar-refractivity contribution in [1.29, 1.82) is 0 Å². The molecule has 3 N–H and O–H groups in total. The number of aromatic amines is 1. The number of benzene rings is 2. The molecule has 0 saturated carbocycles. The Morgan fingerprint density at radius 1 is 1.14 bits per heavy atom. The lowest BCUT2D eigenvalue weighted by atomic mass is 10.1. The minimum Gasteiger partial charge on any atom is -0.477 e. The Morgan fingerprint density at radius 3 is 2.52 bits per heavy atom. The highest BCUT2D eigenvalue weighted by Gasteiger charge is 2.18. The van der Waals surface area contributed by atoms with E-state index in [9.17, 15) is 24.8 Å². The Kier molecular flexibility index (Phi) is 5.78. The summed E-state index contributed by atoms with van der Waals surface area (Å²) in [5.74, 6) is -1.89. The number of nitro groups is 1. The van der Waals surface area contributed by atoms with Crippen LogP contribution in [0.25, 0.3) is 17.0 Å². The van der Waals surface area contributed by atoms with Crippen LogP contribution < -0.4 is 5.32 Å². The molecule has 1 amide bonds. The molecule has 148 valence electrons. The number of H-pyrrole nitrogens is 1. The Balaban J connectivity index is 1.93. The van der Waals surface area contributed by atoms with Crippen LogP contribution in [-0.2, 0) is 4.79 Å². The minimum absolute atomic E-state index is 0.0678. The van der Waals surface area contributed by atoms with E-state index < -0.39 is 16.8 Å². The van der Waals surface area contributed by atoms with E-state index in [2.05, 4.69) is 10.3 Å². The van der Waals surface area contributed by atoms with Gasteiger partial charge in [-0.15, -0.1) is 0 Å². The van der Waals surface area contributed by atoms with E-state index >= 15 is 0 Å². The van der Waals surface area contributed by atoms with Crippen LogP contribution in [0.3, 0.4) is 0 Å². The first-order chi connectivity index (χ1) is 13.7. The molecule has 0 aliphatic carbocycles. The van der Waals surface area contributed by atoms with Gasteiger partial charge in [-0.25, -0.2) is 4.79 Å². The lowest BCUT2D eigenvalue weighted by molar-refractivity contribution is -0.384. The lowest BCUT2D eigenvalue weighted by Gasteiger charge is -2.03. The van der Waals surface area contributed by atoms with Crippen molar-refractivity contribution in [3.05, 3.63) is 72.8 Å². The number of rotatable bonds is 5. The Bertz CT molecular complexity index is 1200. The van der Waals surface area contributed by atoms with Crippen molar-refractivity contribution in [2.45, 2.75) is 0 Å². The van der Waals surface area contributed by atoms with Gasteiger partial charge in [0.1, 0.15) is 10.7 Å². The molecule has 3 rings (SSSR count). The number of carbonyl (C=O) groups is 2. The molecule has 1 heterocycles. The quantitative estimate of drug-likeness (QED) is 0.271. The number of carboxylic acids is 1. The van der Waals surface area contributed by atoms with Crippen molar-refractivity contribution in [1.82, 2.24) is 4.98 Å². The highest BCUT2D eigenvalue weighted by atomic mass is 35.5. The average Bonchev–Trinajstić information content (AvgIpc) is 3.00. The number of hydrogen-bond acceptors (Lipinski definition) is 4. The van der Waals surface area contributed by atoms with Gasteiger partial charge in [0, 0.05) is 39.3 Å². The molecular formula is C18H10Cl3N3O5. The zero-order valence-corrected chi connectivity index (χ0v) is 16.5. The summed E-state index contributed by atoms with van der Waals surface area (Å²) < 4.78 is 0.